The van der Waals surface area contributed by atoms with Crippen molar-refractivity contribution in [3.05, 3.63) is 70.3 Å². The van der Waals surface area contributed by atoms with Crippen LogP contribution in [0.3, 0.4) is 0 Å². The van der Waals surface area contributed by atoms with Crippen LogP contribution in [0.25, 0.3) is 0 Å². The van der Waals surface area contributed by atoms with Gasteiger partial charge in [0.05, 0.1) is 11.8 Å². The number of hydrogen-bond donors (Lipinski definition) is 1. The number of hydrogen-bond acceptors (Lipinski definition) is 2. The Bertz CT molecular complexity index is 681. The van der Waals surface area contributed by atoms with E-state index in [1.165, 1.54) is 27.8 Å². The molecule has 0 aliphatic carbocycles. The summed E-state index contributed by atoms with van der Waals surface area (Å²) in [6.07, 6.45) is 0. The normalized spacial score (nSPS) is 12.0. The highest BCUT2D eigenvalue weighted by Crippen LogP contribution is 2.20. The van der Waals surface area contributed by atoms with Gasteiger partial charge in [0.2, 0.25) is 5.91 Å². The predicted octanol–water partition coefficient (Wildman–Crippen LogP) is 4.72. The van der Waals surface area contributed by atoms with Crippen LogP contribution in [0, 0.1) is 20.8 Å². The summed E-state index contributed by atoms with van der Waals surface area (Å²) in [4.78, 5) is 12.2. The van der Waals surface area contributed by atoms with Crippen molar-refractivity contribution in [3.8, 4) is 0 Å². The fourth-order valence-corrected chi connectivity index (χ4v) is 3.53. The zero-order chi connectivity index (χ0) is 16.8. The van der Waals surface area contributed by atoms with Crippen LogP contribution < -0.4 is 5.32 Å². The number of thioether (sulfide) groups is 1. The van der Waals surface area contributed by atoms with E-state index >= 15 is 0 Å². The SMILES string of the molecule is Cc1ccc(C)c([C@@H](C)NC(=O)CSCc2ccccc2C)c1. The fraction of sp³-hybridized carbons (Fsp3) is 0.350. The van der Waals surface area contributed by atoms with Crippen molar-refractivity contribution in [2.75, 3.05) is 5.75 Å². The van der Waals surface area contributed by atoms with Crippen molar-refractivity contribution < 1.29 is 4.79 Å². The monoisotopic (exact) mass is 327 g/mol. The maximum absolute atomic E-state index is 12.2. The lowest BCUT2D eigenvalue weighted by molar-refractivity contribution is -0.119. The molecule has 0 aliphatic heterocycles. The summed E-state index contributed by atoms with van der Waals surface area (Å²) >= 11 is 1.66. The van der Waals surface area contributed by atoms with E-state index in [0.29, 0.717) is 5.75 Å². The van der Waals surface area contributed by atoms with Gasteiger partial charge >= 0.3 is 0 Å². The molecule has 1 amide bonds. The lowest BCUT2D eigenvalue weighted by Gasteiger charge is -2.17. The molecule has 1 N–H and O–H groups in total. The smallest absolute Gasteiger partial charge is 0.230 e. The second kappa shape index (κ2) is 8.21. The van der Waals surface area contributed by atoms with E-state index < -0.39 is 0 Å². The van der Waals surface area contributed by atoms with Crippen LogP contribution in [0.2, 0.25) is 0 Å². The fourth-order valence-electron chi connectivity index (χ4n) is 2.61. The van der Waals surface area contributed by atoms with Gasteiger partial charge in [-0.25, -0.2) is 0 Å². The summed E-state index contributed by atoms with van der Waals surface area (Å²) in [6.45, 7) is 8.32. The number of benzene rings is 2. The molecule has 2 aromatic rings. The molecule has 0 aliphatic rings. The minimum atomic E-state index is 0.0430. The van der Waals surface area contributed by atoms with Gasteiger partial charge in [-0.3, -0.25) is 4.79 Å². The maximum Gasteiger partial charge on any atom is 0.230 e. The van der Waals surface area contributed by atoms with Crippen molar-refractivity contribution in [2.45, 2.75) is 39.5 Å². The van der Waals surface area contributed by atoms with Crippen LogP contribution in [-0.2, 0) is 10.5 Å². The molecule has 0 aromatic heterocycles. The van der Waals surface area contributed by atoms with Crippen molar-refractivity contribution in [3.63, 3.8) is 0 Å². The summed E-state index contributed by atoms with van der Waals surface area (Å²) in [7, 11) is 0. The van der Waals surface area contributed by atoms with Gasteiger partial charge in [-0.2, -0.15) is 0 Å². The third-order valence-electron chi connectivity index (χ3n) is 4.03. The highest BCUT2D eigenvalue weighted by molar-refractivity contribution is 7.99. The van der Waals surface area contributed by atoms with Crippen LogP contribution in [0.1, 0.15) is 40.8 Å². The first kappa shape index (κ1) is 17.6. The molecule has 0 unspecified atom stereocenters. The Kier molecular flexibility index (Phi) is 6.28. The Morgan fingerprint density at radius 2 is 1.83 bits per heavy atom. The second-order valence-corrected chi connectivity index (χ2v) is 7.05. The first-order chi connectivity index (χ1) is 11.0. The predicted molar refractivity (Wildman–Crippen MR) is 99.8 cm³/mol. The molecule has 2 nitrogen and oxygen atoms in total. The average Bonchev–Trinajstić information content (AvgIpc) is 2.51. The molecule has 0 saturated heterocycles. The molecule has 0 radical (unpaired) electrons. The van der Waals surface area contributed by atoms with Crippen LogP contribution >= 0.6 is 11.8 Å². The molecule has 23 heavy (non-hydrogen) atoms. The summed E-state index contributed by atoms with van der Waals surface area (Å²) in [5.74, 6) is 1.46. The molecule has 0 heterocycles. The van der Waals surface area contributed by atoms with Gasteiger partial charge in [0.15, 0.2) is 0 Å². The third-order valence-corrected chi connectivity index (χ3v) is 5.01. The van der Waals surface area contributed by atoms with E-state index in [1.54, 1.807) is 11.8 Å². The van der Waals surface area contributed by atoms with E-state index in [2.05, 4.69) is 56.4 Å². The maximum atomic E-state index is 12.2. The van der Waals surface area contributed by atoms with Gasteiger partial charge in [-0.15, -0.1) is 11.8 Å². The molecular weight excluding hydrogens is 302 g/mol. The quantitative estimate of drug-likeness (QED) is 0.831. The zero-order valence-electron chi connectivity index (χ0n) is 14.3. The molecule has 2 aromatic carbocycles. The summed E-state index contributed by atoms with van der Waals surface area (Å²) in [5, 5.41) is 3.11. The number of amides is 1. The minimum absolute atomic E-state index is 0.0430. The molecule has 2 rings (SSSR count). The highest BCUT2D eigenvalue weighted by atomic mass is 32.2. The number of nitrogens with one attached hydrogen (secondary N) is 1. The van der Waals surface area contributed by atoms with E-state index in [1.807, 2.05) is 19.1 Å². The molecule has 3 heteroatoms. The number of aryl methyl sites for hydroxylation is 3. The first-order valence-electron chi connectivity index (χ1n) is 7.96. The van der Waals surface area contributed by atoms with Gasteiger partial charge in [-0.1, -0.05) is 48.0 Å². The standard InChI is InChI=1S/C20H25NOS/c1-14-9-10-16(3)19(11-14)17(4)21-20(22)13-23-12-18-8-6-5-7-15(18)2/h5-11,17H,12-13H2,1-4H3,(H,21,22)/t17-/m1/s1. The van der Waals surface area contributed by atoms with Gasteiger partial charge in [-0.05, 0) is 49.9 Å². The third kappa shape index (κ3) is 5.14. The lowest BCUT2D eigenvalue weighted by Crippen LogP contribution is -2.28. The molecule has 0 bridgehead atoms. The first-order valence-corrected chi connectivity index (χ1v) is 9.11. The summed E-state index contributed by atoms with van der Waals surface area (Å²) < 4.78 is 0. The van der Waals surface area contributed by atoms with Crippen LogP contribution in [0.4, 0.5) is 0 Å². The summed E-state index contributed by atoms with van der Waals surface area (Å²) in [6, 6.07) is 14.7. The van der Waals surface area contributed by atoms with Crippen molar-refractivity contribution in [1.29, 1.82) is 0 Å². The van der Waals surface area contributed by atoms with E-state index in [4.69, 9.17) is 0 Å². The Morgan fingerprint density at radius 1 is 1.09 bits per heavy atom. The lowest BCUT2D eigenvalue weighted by atomic mass is 10.00. The van der Waals surface area contributed by atoms with Crippen LogP contribution in [-0.4, -0.2) is 11.7 Å². The molecule has 0 spiro atoms. The van der Waals surface area contributed by atoms with Gasteiger partial charge < -0.3 is 5.32 Å². The average molecular weight is 327 g/mol. The van der Waals surface area contributed by atoms with Crippen LogP contribution in [0.5, 0.6) is 0 Å². The van der Waals surface area contributed by atoms with Crippen molar-refractivity contribution in [2.24, 2.45) is 0 Å². The molecule has 122 valence electrons. The Hall–Kier alpha value is -1.74. The number of rotatable bonds is 6. The van der Waals surface area contributed by atoms with Gasteiger partial charge in [0.1, 0.15) is 0 Å². The van der Waals surface area contributed by atoms with E-state index in [0.717, 1.165) is 5.75 Å². The second-order valence-electron chi connectivity index (χ2n) is 6.07. The Balaban J connectivity index is 1.85. The largest absolute Gasteiger partial charge is 0.349 e. The van der Waals surface area contributed by atoms with Crippen LogP contribution in [0.15, 0.2) is 42.5 Å². The Labute approximate surface area is 143 Å². The van der Waals surface area contributed by atoms with E-state index in [-0.39, 0.29) is 11.9 Å². The molecule has 0 fully saturated rings. The van der Waals surface area contributed by atoms with E-state index in [9.17, 15) is 4.79 Å². The molecule has 0 saturated carbocycles. The van der Waals surface area contributed by atoms with Crippen molar-refractivity contribution >= 4 is 17.7 Å². The molecular formula is C20H25NOS. The molecule has 1 atom stereocenters. The summed E-state index contributed by atoms with van der Waals surface area (Å²) in [5.41, 5.74) is 6.22. The van der Waals surface area contributed by atoms with Gasteiger partial charge in [0.25, 0.3) is 0 Å². The minimum Gasteiger partial charge on any atom is -0.349 e. The zero-order valence-corrected chi connectivity index (χ0v) is 15.2. The number of carbonyl (C=O) groups excluding carboxylic acids is 1. The number of carbonyl (C=O) groups is 1. The van der Waals surface area contributed by atoms with Gasteiger partial charge in [0, 0.05) is 5.75 Å². The topological polar surface area (TPSA) is 29.1 Å². The van der Waals surface area contributed by atoms with Crippen molar-refractivity contribution in [1.82, 2.24) is 5.32 Å². The highest BCUT2D eigenvalue weighted by Gasteiger charge is 2.12. The Morgan fingerprint density at radius 3 is 2.57 bits per heavy atom.